The van der Waals surface area contributed by atoms with E-state index in [9.17, 15) is 9.90 Å². The molecule has 1 amide bonds. The summed E-state index contributed by atoms with van der Waals surface area (Å²) in [6, 6.07) is 12.3. The molecule has 0 spiro atoms. The lowest BCUT2D eigenvalue weighted by molar-refractivity contribution is -0.131. The number of hydrazine groups is 1. The first-order chi connectivity index (χ1) is 16.5. The molecular weight excluding hydrogens is 434 g/mol. The van der Waals surface area contributed by atoms with Gasteiger partial charge in [0.05, 0.1) is 25.8 Å². The number of phenols is 1. The van der Waals surface area contributed by atoms with Crippen LogP contribution in [-0.4, -0.2) is 55.9 Å². The van der Waals surface area contributed by atoms with Crippen LogP contribution in [0.5, 0.6) is 17.2 Å². The number of fused-ring (bicyclic) bond motifs is 1. The summed E-state index contributed by atoms with van der Waals surface area (Å²) in [5.74, 6) is 1.84. The highest BCUT2D eigenvalue weighted by atomic mass is 16.5. The number of amides is 1. The Labute approximate surface area is 201 Å². The van der Waals surface area contributed by atoms with Crippen LogP contribution in [0.2, 0.25) is 0 Å². The van der Waals surface area contributed by atoms with Crippen LogP contribution in [0.1, 0.15) is 43.5 Å². The molecule has 34 heavy (non-hydrogen) atoms. The van der Waals surface area contributed by atoms with Gasteiger partial charge in [0.1, 0.15) is 11.8 Å². The summed E-state index contributed by atoms with van der Waals surface area (Å²) in [4.78, 5) is 15.4. The van der Waals surface area contributed by atoms with Crippen molar-refractivity contribution in [1.82, 2.24) is 15.8 Å². The Balaban J connectivity index is 1.72. The molecule has 0 radical (unpaired) electrons. The average Bonchev–Trinajstić information content (AvgIpc) is 3.37. The van der Waals surface area contributed by atoms with E-state index in [0.717, 1.165) is 17.5 Å². The van der Waals surface area contributed by atoms with E-state index in [2.05, 4.69) is 24.7 Å². The predicted molar refractivity (Wildman–Crippen MR) is 129 cm³/mol. The first-order valence-corrected chi connectivity index (χ1v) is 11.8. The number of rotatable bonds is 10. The molecule has 0 saturated carbocycles. The largest absolute Gasteiger partial charge is 0.508 e. The monoisotopic (exact) mass is 469 g/mol. The van der Waals surface area contributed by atoms with Gasteiger partial charge in [0, 0.05) is 31.7 Å². The van der Waals surface area contributed by atoms with Crippen molar-refractivity contribution in [1.29, 1.82) is 0 Å². The van der Waals surface area contributed by atoms with Gasteiger partial charge in [0.15, 0.2) is 11.5 Å². The summed E-state index contributed by atoms with van der Waals surface area (Å²) in [5, 5.41) is 10.6. The number of carbonyl (C=O) groups excluding carboxylic acids is 1. The van der Waals surface area contributed by atoms with Gasteiger partial charge in [-0.3, -0.25) is 4.79 Å². The topological polar surface area (TPSA) is 92.3 Å². The second-order valence-corrected chi connectivity index (χ2v) is 9.32. The minimum Gasteiger partial charge on any atom is -0.508 e. The number of hydrogen-bond acceptors (Lipinski definition) is 7. The number of nitrogens with zero attached hydrogens (tertiary/aromatic N) is 1. The standard InChI is InChI=1S/C26H35N3O5/c1-16(2)15-34-20-11-10-17(14-21(20)33-4)25-22-23(18-8-5-6-9-19(18)30)27-28-24(22)26(31)29(25)12-7-13-32-3/h5-6,8-11,14,16,22-25,27-28,30H,7,12-13,15H2,1-4H3. The second-order valence-electron chi connectivity index (χ2n) is 9.32. The average molecular weight is 470 g/mol. The number of methoxy groups -OCH3 is 2. The first-order valence-electron chi connectivity index (χ1n) is 11.8. The van der Waals surface area contributed by atoms with Crippen molar-refractivity contribution in [3.63, 3.8) is 0 Å². The lowest BCUT2D eigenvalue weighted by atomic mass is 9.83. The summed E-state index contributed by atoms with van der Waals surface area (Å²) in [7, 11) is 3.29. The molecule has 2 aliphatic heterocycles. The number of phenolic OH excluding ortho intramolecular Hbond substituents is 1. The predicted octanol–water partition coefficient (Wildman–Crippen LogP) is 3.19. The van der Waals surface area contributed by atoms with E-state index in [1.807, 2.05) is 35.2 Å². The van der Waals surface area contributed by atoms with Gasteiger partial charge in [0.2, 0.25) is 5.91 Å². The van der Waals surface area contributed by atoms with Crippen LogP contribution < -0.4 is 20.3 Å². The number of nitrogens with one attached hydrogen (secondary N) is 2. The minimum atomic E-state index is -0.403. The Kier molecular flexibility index (Phi) is 7.60. The molecule has 4 unspecified atom stereocenters. The smallest absolute Gasteiger partial charge is 0.242 e. The van der Waals surface area contributed by atoms with Gasteiger partial charge in [-0.15, -0.1) is 0 Å². The fraction of sp³-hybridized carbons (Fsp3) is 0.500. The fourth-order valence-corrected chi connectivity index (χ4v) is 4.99. The Morgan fingerprint density at radius 2 is 1.82 bits per heavy atom. The van der Waals surface area contributed by atoms with Crippen molar-refractivity contribution in [3.8, 4) is 17.2 Å². The molecule has 2 heterocycles. The third kappa shape index (κ3) is 4.71. The number of likely N-dealkylation sites (tertiary alicyclic amines) is 1. The van der Waals surface area contributed by atoms with Gasteiger partial charge >= 0.3 is 0 Å². The van der Waals surface area contributed by atoms with Gasteiger partial charge in [-0.1, -0.05) is 38.1 Å². The molecule has 4 atom stereocenters. The van der Waals surface area contributed by atoms with Gasteiger partial charge < -0.3 is 24.2 Å². The third-order valence-corrected chi connectivity index (χ3v) is 6.53. The minimum absolute atomic E-state index is 0.0376. The number of benzene rings is 2. The van der Waals surface area contributed by atoms with Crippen LogP contribution in [0.15, 0.2) is 42.5 Å². The van der Waals surface area contributed by atoms with Crippen molar-refractivity contribution in [3.05, 3.63) is 53.6 Å². The van der Waals surface area contributed by atoms with Crippen molar-refractivity contribution in [2.45, 2.75) is 38.4 Å². The van der Waals surface area contributed by atoms with Gasteiger partial charge in [0.25, 0.3) is 0 Å². The molecule has 0 bridgehead atoms. The molecular formula is C26H35N3O5. The molecule has 8 heteroatoms. The van der Waals surface area contributed by atoms with Crippen molar-refractivity contribution < 1.29 is 24.1 Å². The fourth-order valence-electron chi connectivity index (χ4n) is 4.99. The molecule has 4 rings (SSSR count). The summed E-state index contributed by atoms with van der Waals surface area (Å²) < 4.78 is 16.8. The van der Waals surface area contributed by atoms with Crippen LogP contribution in [0.4, 0.5) is 0 Å². The Morgan fingerprint density at radius 1 is 1.06 bits per heavy atom. The lowest BCUT2D eigenvalue weighted by Gasteiger charge is -2.32. The van der Waals surface area contributed by atoms with Gasteiger partial charge in [-0.25, -0.2) is 10.9 Å². The van der Waals surface area contributed by atoms with E-state index in [0.29, 0.717) is 37.2 Å². The number of hydrogen-bond donors (Lipinski definition) is 3. The van der Waals surface area contributed by atoms with Crippen LogP contribution in [0.25, 0.3) is 0 Å². The summed E-state index contributed by atoms with van der Waals surface area (Å²) in [6.07, 6.45) is 0.736. The summed E-state index contributed by atoms with van der Waals surface area (Å²) in [6.45, 7) is 5.94. The van der Waals surface area contributed by atoms with E-state index < -0.39 is 6.04 Å². The SMILES string of the molecule is COCCCN1C(=O)C2NNC(c3ccccc3O)C2C1c1ccc(OCC(C)C)c(OC)c1. The molecule has 3 N–H and O–H groups in total. The molecule has 2 aromatic rings. The van der Waals surface area contributed by atoms with E-state index >= 15 is 0 Å². The van der Waals surface area contributed by atoms with Crippen LogP contribution >= 0.6 is 0 Å². The first kappa shape index (κ1) is 24.3. The highest BCUT2D eigenvalue weighted by Gasteiger charge is 2.55. The maximum atomic E-state index is 13.5. The Bertz CT molecular complexity index is 998. The maximum absolute atomic E-state index is 13.5. The van der Waals surface area contributed by atoms with Crippen LogP contribution in [0, 0.1) is 11.8 Å². The van der Waals surface area contributed by atoms with E-state index in [1.54, 1.807) is 26.4 Å². The van der Waals surface area contributed by atoms with E-state index in [1.165, 1.54) is 0 Å². The Morgan fingerprint density at radius 3 is 2.53 bits per heavy atom. The van der Waals surface area contributed by atoms with E-state index in [-0.39, 0.29) is 29.7 Å². The summed E-state index contributed by atoms with van der Waals surface area (Å²) >= 11 is 0. The quantitative estimate of drug-likeness (QED) is 0.460. The normalized spacial score (nSPS) is 24.0. The van der Waals surface area contributed by atoms with Crippen LogP contribution in [0.3, 0.4) is 0 Å². The van der Waals surface area contributed by atoms with Gasteiger partial charge in [-0.2, -0.15) is 0 Å². The zero-order valence-corrected chi connectivity index (χ0v) is 20.3. The lowest BCUT2D eigenvalue weighted by Crippen LogP contribution is -2.41. The van der Waals surface area contributed by atoms with Crippen molar-refractivity contribution in [2.24, 2.45) is 11.8 Å². The number of carbonyl (C=O) groups is 1. The molecule has 0 aliphatic carbocycles. The summed E-state index contributed by atoms with van der Waals surface area (Å²) in [5.41, 5.74) is 8.20. The molecule has 2 fully saturated rings. The van der Waals surface area contributed by atoms with Crippen molar-refractivity contribution >= 4 is 5.91 Å². The second kappa shape index (κ2) is 10.6. The molecule has 0 aromatic heterocycles. The zero-order chi connectivity index (χ0) is 24.2. The zero-order valence-electron chi connectivity index (χ0n) is 20.3. The van der Waals surface area contributed by atoms with Crippen LogP contribution in [-0.2, 0) is 9.53 Å². The number of para-hydroxylation sites is 1. The number of ether oxygens (including phenoxy) is 3. The van der Waals surface area contributed by atoms with Crippen molar-refractivity contribution in [2.75, 3.05) is 34.0 Å². The number of aromatic hydroxyl groups is 1. The highest BCUT2D eigenvalue weighted by Crippen LogP contribution is 2.49. The molecule has 8 nitrogen and oxygen atoms in total. The van der Waals surface area contributed by atoms with Gasteiger partial charge in [-0.05, 0) is 36.1 Å². The molecule has 184 valence electrons. The molecule has 2 aliphatic rings. The maximum Gasteiger partial charge on any atom is 0.242 e. The third-order valence-electron chi connectivity index (χ3n) is 6.53. The molecule has 2 saturated heterocycles. The molecule has 2 aromatic carbocycles. The Hall–Kier alpha value is -2.81. The van der Waals surface area contributed by atoms with E-state index in [4.69, 9.17) is 14.2 Å². The highest BCUT2D eigenvalue weighted by molar-refractivity contribution is 5.86.